The van der Waals surface area contributed by atoms with Crippen LogP contribution in [0.1, 0.15) is 38.8 Å². The first-order valence-corrected chi connectivity index (χ1v) is 8.06. The minimum absolute atomic E-state index is 0.0562. The largest absolute Gasteiger partial charge is 0.544 e. The van der Waals surface area contributed by atoms with Gasteiger partial charge in [-0.3, -0.25) is 4.79 Å². The Labute approximate surface area is 149 Å². The van der Waals surface area contributed by atoms with Gasteiger partial charge in [0.2, 0.25) is 5.91 Å². The van der Waals surface area contributed by atoms with E-state index in [4.69, 9.17) is 11.6 Å². The molecule has 10 heteroatoms. The van der Waals surface area contributed by atoms with Crippen LogP contribution in [0.5, 0.6) is 0 Å². The van der Waals surface area contributed by atoms with Gasteiger partial charge >= 0.3 is 6.18 Å². The zero-order chi connectivity index (χ0) is 18.9. The molecule has 1 amide bonds. The number of nitrogens with zero attached hydrogens (tertiary/aromatic N) is 1. The predicted molar refractivity (Wildman–Crippen MR) is 84.7 cm³/mol. The molecule has 134 valence electrons. The Hall–Kier alpha value is -2.13. The van der Waals surface area contributed by atoms with Gasteiger partial charge in [0, 0.05) is 0 Å². The summed E-state index contributed by atoms with van der Waals surface area (Å²) in [7, 11) is 0. The van der Waals surface area contributed by atoms with Gasteiger partial charge in [0.25, 0.3) is 0 Å². The van der Waals surface area contributed by atoms with Gasteiger partial charge in [-0.2, -0.15) is 13.2 Å². The highest BCUT2D eigenvalue weighted by atomic mass is 35.5. The van der Waals surface area contributed by atoms with Crippen LogP contribution in [0, 0.1) is 6.92 Å². The van der Waals surface area contributed by atoms with Crippen molar-refractivity contribution in [3.05, 3.63) is 44.4 Å². The number of hydrogen-bond donors (Lipinski definition) is 1. The number of alkyl halides is 3. The molecule has 1 heterocycles. The van der Waals surface area contributed by atoms with E-state index in [9.17, 15) is 27.9 Å². The van der Waals surface area contributed by atoms with E-state index in [2.05, 4.69) is 10.3 Å². The SMILES string of the molecule is Cc1nc([C@@H](C)C(=O)Nc2cc(C(F)(F)F)ccc2Cl)sc1C(=O)[O-]. The molecule has 0 aliphatic rings. The number of amides is 1. The van der Waals surface area contributed by atoms with Gasteiger partial charge in [-0.15, -0.1) is 11.3 Å². The number of anilines is 1. The van der Waals surface area contributed by atoms with Crippen LogP contribution in [0.15, 0.2) is 18.2 Å². The van der Waals surface area contributed by atoms with Crippen molar-refractivity contribution in [2.45, 2.75) is 25.9 Å². The number of aromatic carboxylic acids is 1. The highest BCUT2D eigenvalue weighted by molar-refractivity contribution is 7.13. The third kappa shape index (κ3) is 4.29. The van der Waals surface area contributed by atoms with Gasteiger partial charge in [0.15, 0.2) is 0 Å². The fourth-order valence-electron chi connectivity index (χ4n) is 1.94. The van der Waals surface area contributed by atoms with E-state index in [0.717, 1.165) is 29.5 Å². The zero-order valence-corrected chi connectivity index (χ0v) is 14.5. The average molecular weight is 392 g/mol. The number of carboxylic acid groups (broad SMARTS) is 1. The van der Waals surface area contributed by atoms with Crippen LogP contribution < -0.4 is 10.4 Å². The van der Waals surface area contributed by atoms with E-state index in [-0.39, 0.29) is 26.3 Å². The Bertz CT molecular complexity index is 836. The van der Waals surface area contributed by atoms with E-state index in [1.807, 2.05) is 0 Å². The number of halogens is 4. The molecule has 1 atom stereocenters. The van der Waals surface area contributed by atoms with Gasteiger partial charge in [-0.25, -0.2) is 4.98 Å². The monoisotopic (exact) mass is 391 g/mol. The maximum absolute atomic E-state index is 12.8. The topological polar surface area (TPSA) is 82.1 Å². The van der Waals surface area contributed by atoms with E-state index < -0.39 is 29.5 Å². The number of hydrogen-bond acceptors (Lipinski definition) is 5. The molecule has 5 nitrogen and oxygen atoms in total. The Morgan fingerprint density at radius 1 is 1.36 bits per heavy atom. The Kier molecular flexibility index (Phi) is 5.38. The van der Waals surface area contributed by atoms with Crippen LogP contribution in [0.25, 0.3) is 0 Å². The molecule has 0 spiro atoms. The molecule has 1 aromatic carbocycles. The molecule has 2 rings (SSSR count). The van der Waals surface area contributed by atoms with Crippen LogP contribution in [0.3, 0.4) is 0 Å². The number of aromatic nitrogens is 1. The summed E-state index contributed by atoms with van der Waals surface area (Å²) in [5.41, 5.74) is -0.942. The Morgan fingerprint density at radius 2 is 2.00 bits per heavy atom. The number of carbonyl (C=O) groups is 2. The molecule has 0 radical (unpaired) electrons. The number of rotatable bonds is 4. The lowest BCUT2D eigenvalue weighted by Crippen LogP contribution is -2.21. The van der Waals surface area contributed by atoms with E-state index >= 15 is 0 Å². The number of benzene rings is 1. The van der Waals surface area contributed by atoms with Crippen LogP contribution in [-0.2, 0) is 11.0 Å². The summed E-state index contributed by atoms with van der Waals surface area (Å²) in [4.78, 5) is 27.1. The Morgan fingerprint density at radius 3 is 2.52 bits per heavy atom. The lowest BCUT2D eigenvalue weighted by atomic mass is 10.1. The normalized spacial score (nSPS) is 12.7. The van der Waals surface area contributed by atoms with E-state index in [0.29, 0.717) is 0 Å². The maximum Gasteiger partial charge on any atom is 0.416 e. The fourth-order valence-corrected chi connectivity index (χ4v) is 3.06. The highest BCUT2D eigenvalue weighted by Gasteiger charge is 2.31. The van der Waals surface area contributed by atoms with Crippen molar-refractivity contribution < 1.29 is 27.9 Å². The summed E-state index contributed by atoms with van der Waals surface area (Å²) >= 11 is 6.61. The van der Waals surface area contributed by atoms with Gasteiger partial charge in [-0.1, -0.05) is 11.6 Å². The number of aryl methyl sites for hydroxylation is 1. The first-order chi connectivity index (χ1) is 11.5. The van der Waals surface area contributed by atoms with Crippen molar-refractivity contribution in [2.24, 2.45) is 0 Å². The summed E-state index contributed by atoms with van der Waals surface area (Å²) in [6.45, 7) is 2.91. The summed E-state index contributed by atoms with van der Waals surface area (Å²) in [6, 6.07) is 2.57. The molecule has 0 bridgehead atoms. The molecule has 1 N–H and O–H groups in total. The molecule has 0 saturated carbocycles. The minimum Gasteiger partial charge on any atom is -0.544 e. The van der Waals surface area contributed by atoms with Crippen molar-refractivity contribution in [1.29, 1.82) is 0 Å². The van der Waals surface area contributed by atoms with E-state index in [1.54, 1.807) is 0 Å². The van der Waals surface area contributed by atoms with Crippen molar-refractivity contribution in [3.63, 3.8) is 0 Å². The van der Waals surface area contributed by atoms with Gasteiger partial charge in [0.1, 0.15) is 5.01 Å². The Balaban J connectivity index is 2.24. The third-order valence-electron chi connectivity index (χ3n) is 3.31. The summed E-state index contributed by atoms with van der Waals surface area (Å²) in [5.74, 6) is -2.96. The second-order valence-electron chi connectivity index (χ2n) is 5.16. The standard InChI is InChI=1S/C15H12ClF3N2O3S/c1-6(13-20-7(2)11(25-13)14(23)24)12(22)21-10-5-8(15(17,18)19)3-4-9(10)16/h3-6H,1-2H3,(H,21,22)(H,23,24)/p-1/t6-/m0/s1. The van der Waals surface area contributed by atoms with Gasteiger partial charge in [-0.05, 0) is 32.0 Å². The first-order valence-electron chi connectivity index (χ1n) is 6.87. The van der Waals surface area contributed by atoms with Crippen molar-refractivity contribution in [1.82, 2.24) is 4.98 Å². The molecule has 0 saturated heterocycles. The van der Waals surface area contributed by atoms with Crippen molar-refractivity contribution in [2.75, 3.05) is 5.32 Å². The smallest absolute Gasteiger partial charge is 0.416 e. The second-order valence-corrected chi connectivity index (χ2v) is 6.60. The summed E-state index contributed by atoms with van der Waals surface area (Å²) < 4.78 is 38.3. The molecule has 0 aliphatic carbocycles. The number of nitrogens with one attached hydrogen (secondary N) is 1. The molecule has 2 aromatic rings. The summed E-state index contributed by atoms with van der Waals surface area (Å²) in [6.07, 6.45) is -4.58. The average Bonchev–Trinajstić information content (AvgIpc) is 2.89. The molecule has 0 fully saturated rings. The first kappa shape index (κ1) is 19.2. The molecular formula is C15H11ClF3N2O3S-. The maximum atomic E-state index is 12.8. The summed E-state index contributed by atoms with van der Waals surface area (Å²) in [5, 5.41) is 13.4. The highest BCUT2D eigenvalue weighted by Crippen LogP contribution is 2.34. The fraction of sp³-hybridized carbons (Fsp3) is 0.267. The zero-order valence-electron chi connectivity index (χ0n) is 12.9. The van der Waals surface area contributed by atoms with Crippen LogP contribution in [0.4, 0.5) is 18.9 Å². The molecule has 1 aromatic heterocycles. The quantitative estimate of drug-likeness (QED) is 0.867. The molecular weight excluding hydrogens is 381 g/mol. The van der Waals surface area contributed by atoms with Crippen LogP contribution in [0.2, 0.25) is 5.02 Å². The molecule has 25 heavy (non-hydrogen) atoms. The number of carboxylic acids is 1. The number of thiazole rings is 1. The lowest BCUT2D eigenvalue weighted by Gasteiger charge is -2.13. The molecule has 0 unspecified atom stereocenters. The van der Waals surface area contributed by atoms with Gasteiger partial charge in [0.05, 0.1) is 38.7 Å². The van der Waals surface area contributed by atoms with E-state index in [1.165, 1.54) is 13.8 Å². The van der Waals surface area contributed by atoms with Crippen LogP contribution in [-0.4, -0.2) is 16.9 Å². The third-order valence-corrected chi connectivity index (χ3v) is 4.96. The lowest BCUT2D eigenvalue weighted by molar-refractivity contribution is -0.254. The minimum atomic E-state index is -4.58. The van der Waals surface area contributed by atoms with Gasteiger partial charge < -0.3 is 15.2 Å². The molecule has 0 aliphatic heterocycles. The van der Waals surface area contributed by atoms with Crippen LogP contribution >= 0.6 is 22.9 Å². The van der Waals surface area contributed by atoms with Crippen molar-refractivity contribution >= 4 is 40.5 Å². The van der Waals surface area contributed by atoms with Crippen molar-refractivity contribution in [3.8, 4) is 0 Å². The number of carbonyl (C=O) groups excluding carboxylic acids is 2. The second kappa shape index (κ2) is 7.01. The predicted octanol–water partition coefficient (Wildman–Crippen LogP) is 3.23.